The van der Waals surface area contributed by atoms with E-state index < -0.39 is 27.4 Å². The molecule has 3 rings (SSSR count). The molecule has 2 aromatic carbocycles. The topological polar surface area (TPSA) is 131 Å². The second kappa shape index (κ2) is 7.39. The zero-order valence-electron chi connectivity index (χ0n) is 14.0. The summed E-state index contributed by atoms with van der Waals surface area (Å²) in [7, 11) is -3.81. The number of hydrogen-bond acceptors (Lipinski definition) is 7. The predicted octanol–water partition coefficient (Wildman–Crippen LogP) is 2.43. The normalized spacial score (nSPS) is 11.4. The summed E-state index contributed by atoms with van der Waals surface area (Å²) >= 11 is 1.06. The zero-order chi connectivity index (χ0) is 19.6. The van der Waals surface area contributed by atoms with Gasteiger partial charge in [-0.2, -0.15) is 0 Å². The molecular formula is C16H14N4O5S2. The van der Waals surface area contributed by atoms with Crippen LogP contribution in [0.2, 0.25) is 0 Å². The molecule has 27 heavy (non-hydrogen) atoms. The average Bonchev–Trinajstić information content (AvgIpc) is 3.01. The van der Waals surface area contributed by atoms with Gasteiger partial charge in [-0.05, 0) is 25.1 Å². The Hall–Kier alpha value is -2.89. The number of nitro benzene ring substituents is 1. The largest absolute Gasteiger partial charge is 0.301 e. The van der Waals surface area contributed by atoms with Crippen LogP contribution in [-0.2, 0) is 14.8 Å². The summed E-state index contributed by atoms with van der Waals surface area (Å²) in [5.41, 5.74) is 1.35. The van der Waals surface area contributed by atoms with Crippen molar-refractivity contribution >= 4 is 48.3 Å². The Balaban J connectivity index is 1.66. The van der Waals surface area contributed by atoms with E-state index >= 15 is 0 Å². The van der Waals surface area contributed by atoms with Crippen LogP contribution in [-0.4, -0.2) is 30.8 Å². The molecule has 0 bridgehead atoms. The van der Waals surface area contributed by atoms with Crippen molar-refractivity contribution in [2.24, 2.45) is 0 Å². The van der Waals surface area contributed by atoms with Gasteiger partial charge in [0.2, 0.25) is 15.9 Å². The average molecular weight is 406 g/mol. The molecule has 140 valence electrons. The highest BCUT2D eigenvalue weighted by molar-refractivity contribution is 7.89. The van der Waals surface area contributed by atoms with Crippen molar-refractivity contribution in [1.29, 1.82) is 0 Å². The van der Waals surface area contributed by atoms with Crippen LogP contribution in [0.1, 0.15) is 5.56 Å². The lowest BCUT2D eigenvalue weighted by Crippen LogP contribution is -2.32. The molecule has 1 aromatic heterocycles. The van der Waals surface area contributed by atoms with Crippen molar-refractivity contribution in [3.8, 4) is 0 Å². The molecule has 9 nitrogen and oxygen atoms in total. The summed E-state index contributed by atoms with van der Waals surface area (Å²) in [5, 5.41) is 13.5. The van der Waals surface area contributed by atoms with Gasteiger partial charge in [-0.1, -0.05) is 29.0 Å². The van der Waals surface area contributed by atoms with Gasteiger partial charge in [0.1, 0.15) is 0 Å². The highest BCUT2D eigenvalue weighted by atomic mass is 32.2. The smallest absolute Gasteiger partial charge is 0.270 e. The lowest BCUT2D eigenvalue weighted by atomic mass is 10.2. The number of aromatic nitrogens is 1. The Morgan fingerprint density at radius 3 is 2.59 bits per heavy atom. The molecule has 1 heterocycles. The van der Waals surface area contributed by atoms with Gasteiger partial charge < -0.3 is 5.32 Å². The van der Waals surface area contributed by atoms with Gasteiger partial charge in [-0.25, -0.2) is 18.1 Å². The molecule has 0 aliphatic rings. The molecule has 0 aliphatic carbocycles. The van der Waals surface area contributed by atoms with Gasteiger partial charge in [0.05, 0.1) is 26.6 Å². The van der Waals surface area contributed by atoms with Crippen molar-refractivity contribution < 1.29 is 18.1 Å². The van der Waals surface area contributed by atoms with Crippen molar-refractivity contribution in [3.05, 3.63) is 58.1 Å². The third-order valence-electron chi connectivity index (χ3n) is 3.58. The third-order valence-corrected chi connectivity index (χ3v) is 5.93. The molecule has 0 atom stereocenters. The minimum absolute atomic E-state index is 0.0631. The lowest BCUT2D eigenvalue weighted by molar-refractivity contribution is -0.384. The summed E-state index contributed by atoms with van der Waals surface area (Å²) in [6.45, 7) is 1.37. The van der Waals surface area contributed by atoms with E-state index in [0.717, 1.165) is 16.9 Å². The van der Waals surface area contributed by atoms with Crippen LogP contribution in [0.3, 0.4) is 0 Å². The number of sulfonamides is 1. The number of anilines is 1. The third kappa shape index (κ3) is 4.45. The number of nitrogens with zero attached hydrogens (tertiary/aromatic N) is 2. The van der Waals surface area contributed by atoms with E-state index in [9.17, 15) is 23.3 Å². The number of aryl methyl sites for hydroxylation is 1. The van der Waals surface area contributed by atoms with Crippen LogP contribution in [0.5, 0.6) is 0 Å². The molecule has 0 radical (unpaired) electrons. The van der Waals surface area contributed by atoms with E-state index in [1.807, 2.05) is 6.92 Å². The van der Waals surface area contributed by atoms with E-state index in [0.29, 0.717) is 10.2 Å². The van der Waals surface area contributed by atoms with E-state index in [-0.39, 0.29) is 15.7 Å². The number of hydrogen-bond donors (Lipinski definition) is 2. The first kappa shape index (κ1) is 18.9. The molecule has 0 spiro atoms. The number of fused-ring (bicyclic) bond motifs is 1. The number of nitrogens with one attached hydrogen (secondary N) is 2. The monoisotopic (exact) mass is 406 g/mol. The molecule has 0 saturated carbocycles. The van der Waals surface area contributed by atoms with Crippen LogP contribution in [0, 0.1) is 17.0 Å². The lowest BCUT2D eigenvalue weighted by Gasteiger charge is -2.06. The molecule has 0 fully saturated rings. The minimum Gasteiger partial charge on any atom is -0.301 e. The molecule has 2 N–H and O–H groups in total. The summed E-state index contributed by atoms with van der Waals surface area (Å²) in [6, 6.07) is 10.4. The fourth-order valence-electron chi connectivity index (χ4n) is 2.21. The first-order valence-corrected chi connectivity index (χ1v) is 9.96. The minimum atomic E-state index is -3.81. The SMILES string of the molecule is Cc1ccc(S(=O)(=O)NCC(=O)Nc2nc3ccc([N+](=O)[O-])cc3s2)cc1. The zero-order valence-corrected chi connectivity index (χ0v) is 15.6. The number of benzene rings is 2. The van der Waals surface area contributed by atoms with Gasteiger partial charge in [0.25, 0.3) is 5.69 Å². The first-order chi connectivity index (χ1) is 12.7. The maximum Gasteiger partial charge on any atom is 0.270 e. The van der Waals surface area contributed by atoms with E-state index in [1.165, 1.54) is 30.3 Å². The van der Waals surface area contributed by atoms with Crippen molar-refractivity contribution in [1.82, 2.24) is 9.71 Å². The fourth-order valence-corrected chi connectivity index (χ4v) is 4.10. The Morgan fingerprint density at radius 2 is 1.93 bits per heavy atom. The van der Waals surface area contributed by atoms with Crippen LogP contribution in [0.15, 0.2) is 47.4 Å². The predicted molar refractivity (Wildman–Crippen MR) is 101 cm³/mol. The quantitative estimate of drug-likeness (QED) is 0.477. The number of carbonyl (C=O) groups is 1. The van der Waals surface area contributed by atoms with Gasteiger partial charge in [0.15, 0.2) is 5.13 Å². The highest BCUT2D eigenvalue weighted by Gasteiger charge is 2.16. The molecule has 0 aliphatic heterocycles. The standard InChI is InChI=1S/C16H14N4O5S2/c1-10-2-5-12(6-3-10)27(24,25)17-9-15(21)19-16-18-13-7-4-11(20(22)23)8-14(13)26-16/h2-8,17H,9H2,1H3,(H,18,19,21). The number of carbonyl (C=O) groups excluding carboxylic acids is 1. The van der Waals surface area contributed by atoms with Crippen LogP contribution in [0.4, 0.5) is 10.8 Å². The van der Waals surface area contributed by atoms with Gasteiger partial charge >= 0.3 is 0 Å². The maximum atomic E-state index is 12.2. The van der Waals surface area contributed by atoms with Crippen LogP contribution >= 0.6 is 11.3 Å². The second-order valence-corrected chi connectivity index (χ2v) is 8.41. The first-order valence-electron chi connectivity index (χ1n) is 7.66. The molecule has 0 saturated heterocycles. The fraction of sp³-hybridized carbons (Fsp3) is 0.125. The Labute approximate surface area is 158 Å². The molecule has 3 aromatic rings. The number of non-ortho nitro benzene ring substituents is 1. The van der Waals surface area contributed by atoms with E-state index in [1.54, 1.807) is 12.1 Å². The number of thiazole rings is 1. The second-order valence-electron chi connectivity index (χ2n) is 5.61. The Kier molecular flexibility index (Phi) is 5.17. The van der Waals surface area contributed by atoms with E-state index in [4.69, 9.17) is 0 Å². The van der Waals surface area contributed by atoms with Crippen LogP contribution < -0.4 is 10.0 Å². The Bertz CT molecular complexity index is 1120. The number of amides is 1. The molecular weight excluding hydrogens is 392 g/mol. The molecule has 11 heteroatoms. The van der Waals surface area contributed by atoms with Gasteiger partial charge in [-0.3, -0.25) is 14.9 Å². The summed E-state index contributed by atoms with van der Waals surface area (Å²) in [5.74, 6) is -0.598. The molecule has 1 amide bonds. The number of nitro groups is 1. The van der Waals surface area contributed by atoms with Crippen molar-refractivity contribution in [3.63, 3.8) is 0 Å². The van der Waals surface area contributed by atoms with Gasteiger partial charge in [0, 0.05) is 12.1 Å². The maximum absolute atomic E-state index is 12.2. The Morgan fingerprint density at radius 1 is 1.22 bits per heavy atom. The van der Waals surface area contributed by atoms with Crippen LogP contribution in [0.25, 0.3) is 10.2 Å². The summed E-state index contributed by atoms with van der Waals surface area (Å²) < 4.78 is 27.1. The van der Waals surface area contributed by atoms with E-state index in [2.05, 4.69) is 15.0 Å². The van der Waals surface area contributed by atoms with Crippen molar-refractivity contribution in [2.45, 2.75) is 11.8 Å². The summed E-state index contributed by atoms with van der Waals surface area (Å²) in [6.07, 6.45) is 0. The molecule has 0 unspecified atom stereocenters. The highest BCUT2D eigenvalue weighted by Crippen LogP contribution is 2.29. The number of rotatable bonds is 6. The van der Waals surface area contributed by atoms with Gasteiger partial charge in [-0.15, -0.1) is 0 Å². The summed E-state index contributed by atoms with van der Waals surface area (Å²) in [4.78, 5) is 26.5. The van der Waals surface area contributed by atoms with Crippen molar-refractivity contribution in [2.75, 3.05) is 11.9 Å².